The van der Waals surface area contributed by atoms with Crippen LogP contribution in [0.4, 0.5) is 0 Å². The fourth-order valence-corrected chi connectivity index (χ4v) is 21.8. The van der Waals surface area contributed by atoms with E-state index < -0.39 is 0 Å². The van der Waals surface area contributed by atoms with E-state index in [2.05, 4.69) is 568 Å². The molecule has 5 heteroatoms. The van der Waals surface area contributed by atoms with Crippen molar-refractivity contribution in [3.63, 3.8) is 0 Å². The third-order valence-corrected chi connectivity index (χ3v) is 28.3. The first-order valence-corrected chi connectivity index (χ1v) is 47.8. The lowest BCUT2D eigenvalue weighted by Crippen LogP contribution is -2.25. The van der Waals surface area contributed by atoms with Gasteiger partial charge in [0.25, 0.3) is 0 Å². The van der Waals surface area contributed by atoms with E-state index in [1.54, 1.807) is 0 Å². The Kier molecular flexibility index (Phi) is 22.3. The molecule has 26 aromatic rings. The molecular formula is C133H101N5. The van der Waals surface area contributed by atoms with Gasteiger partial charge in [-0.05, 0) is 236 Å². The number of hydrogen-bond donors (Lipinski definition) is 0. The molecule has 0 amide bonds. The van der Waals surface area contributed by atoms with Crippen LogP contribution in [0.5, 0.6) is 0 Å². The van der Waals surface area contributed by atoms with Crippen LogP contribution in [0.15, 0.2) is 504 Å². The molecule has 0 N–H and O–H groups in total. The first kappa shape index (κ1) is 84.9. The van der Waals surface area contributed by atoms with Crippen LogP contribution in [0.3, 0.4) is 0 Å². The molecule has 2 aliphatic carbocycles. The Hall–Kier alpha value is -17.4. The molecular weight excluding hydrogens is 1670 g/mol. The van der Waals surface area contributed by atoms with Crippen LogP contribution >= 0.6 is 0 Å². The normalized spacial score (nSPS) is 11.9. The van der Waals surface area contributed by atoms with Gasteiger partial charge in [0.2, 0.25) is 0 Å². The van der Waals surface area contributed by atoms with Gasteiger partial charge in [-0.25, -0.2) is 0 Å². The number of fused-ring (bicyclic) bond motifs is 25. The largest absolute Gasteiger partial charge is 0.344 e. The lowest BCUT2D eigenvalue weighted by Gasteiger charge is -2.30. The van der Waals surface area contributed by atoms with Crippen molar-refractivity contribution < 1.29 is 0 Å². The Balaban J connectivity index is 0.0000000931. The predicted molar refractivity (Wildman–Crippen MR) is 587 cm³/mol. The number of benzene rings is 21. The van der Waals surface area contributed by atoms with Crippen molar-refractivity contribution in [2.24, 2.45) is 21.1 Å². The van der Waals surface area contributed by atoms with Gasteiger partial charge in [0.15, 0.2) is 0 Å². The van der Waals surface area contributed by atoms with Crippen molar-refractivity contribution in [3.05, 3.63) is 542 Å². The second-order valence-corrected chi connectivity index (χ2v) is 36.5. The van der Waals surface area contributed by atoms with E-state index in [-0.39, 0.29) is 5.41 Å². The zero-order chi connectivity index (χ0) is 92.9. The van der Waals surface area contributed by atoms with Crippen LogP contribution < -0.4 is 0 Å². The third kappa shape index (κ3) is 15.1. The highest BCUT2D eigenvalue weighted by Gasteiger charge is 2.51. The van der Waals surface area contributed by atoms with Crippen LogP contribution in [0, 0.1) is 20.8 Å². The van der Waals surface area contributed by atoms with Gasteiger partial charge < -0.3 is 22.8 Å². The minimum Gasteiger partial charge on any atom is -0.344 e. The van der Waals surface area contributed by atoms with Crippen molar-refractivity contribution in [1.82, 2.24) is 22.8 Å². The standard InChI is InChI=1S/C26H18.2C25H19N.3C19H15N/c1-17-14-15-21-20-10-4-7-13-24(20)26(25(21)16-17)22-11-5-2-8-18(22)19-9-3-6-12-23(19)26;1-18-12-14-24-22(16-18)23-17-20(19-8-4-2-5-9-19)13-15-25(23)26(24)21-10-6-3-7-11-21;1-18-12-14-22-23-17-20(19-8-4-2-5-9-19)13-15-24(23)26(25(22)16-18)21-10-6-3-7-11-21;1-20-17-12-6-5-10-16(17)19-15(11-7-13-18(19)20)14-8-3-2-4-9-14;1-20-18-10-6-5-9-16(18)17-13-15(11-12-19(17)20)14-7-3-2-4-8-14;1-20-18-10-6-5-9-16(18)17-12-11-15(13-19(17)20)14-7-3-2-4-8-14/h2-16H,1H3;2*2-17H,1H3;3*2-13H,1H3. The van der Waals surface area contributed by atoms with E-state index in [4.69, 9.17) is 0 Å². The van der Waals surface area contributed by atoms with Crippen LogP contribution in [-0.2, 0) is 26.6 Å². The summed E-state index contributed by atoms with van der Waals surface area (Å²) in [6, 6.07) is 181. The molecule has 5 aromatic heterocycles. The van der Waals surface area contributed by atoms with Gasteiger partial charge in [-0.1, -0.05) is 405 Å². The molecule has 0 aliphatic heterocycles. The summed E-state index contributed by atoms with van der Waals surface area (Å²) in [5, 5.41) is 13.2. The van der Waals surface area contributed by atoms with Crippen LogP contribution in [0.25, 0.3) is 198 Å². The van der Waals surface area contributed by atoms with Gasteiger partial charge in [-0.3, -0.25) is 0 Å². The second-order valence-electron chi connectivity index (χ2n) is 36.5. The van der Waals surface area contributed by atoms with Crippen molar-refractivity contribution in [2.45, 2.75) is 26.2 Å². The van der Waals surface area contributed by atoms with E-state index in [0.29, 0.717) is 0 Å². The summed E-state index contributed by atoms with van der Waals surface area (Å²) in [5.41, 5.74) is 42.6. The van der Waals surface area contributed by atoms with E-state index in [1.807, 2.05) is 0 Å². The third-order valence-electron chi connectivity index (χ3n) is 28.3. The van der Waals surface area contributed by atoms with Crippen molar-refractivity contribution >= 4 is 109 Å². The Morgan fingerprint density at radius 1 is 0.152 bits per heavy atom. The summed E-state index contributed by atoms with van der Waals surface area (Å²) >= 11 is 0. The number of hydrogen-bond acceptors (Lipinski definition) is 0. The van der Waals surface area contributed by atoms with Gasteiger partial charge in [0, 0.05) is 119 Å². The van der Waals surface area contributed by atoms with E-state index >= 15 is 0 Å². The molecule has 0 atom stereocenters. The molecule has 0 saturated carbocycles. The van der Waals surface area contributed by atoms with Gasteiger partial charge in [0.05, 0.1) is 27.5 Å². The zero-order valence-corrected chi connectivity index (χ0v) is 78.2. The number of aromatic nitrogens is 5. The number of nitrogens with zero attached hydrogens (tertiary/aromatic N) is 5. The average Bonchev–Trinajstić information content (AvgIpc) is 1.51. The predicted octanol–water partition coefficient (Wildman–Crippen LogP) is 34.9. The molecule has 1 spiro atoms. The molecule has 0 saturated heterocycles. The van der Waals surface area contributed by atoms with Gasteiger partial charge in [0.1, 0.15) is 0 Å². The minimum atomic E-state index is -0.189. The SMILES string of the molecule is Cc1ccc2c(c1)C1(c3ccccc3-c3ccccc31)c1ccccc1-2.Cc1ccc2c(c1)c1cc(-c3ccccc3)ccc1n2-c1ccccc1.Cc1ccc2c3cc(-c4ccccc4)ccc3n(-c3ccccc3)c2c1.Cn1c2ccccc2c2c(-c3ccccc3)cccc21.Cn1c2ccccc2c2cc(-c3ccccc3)ccc21.Cn1c2ccccc2c2ccc(-c3ccccc3)cc21. The summed E-state index contributed by atoms with van der Waals surface area (Å²) in [5.74, 6) is 0. The number of para-hydroxylation sites is 5. The molecule has 28 rings (SSSR count). The molecule has 2 aliphatic rings. The molecule has 0 unspecified atom stereocenters. The van der Waals surface area contributed by atoms with E-state index in [9.17, 15) is 0 Å². The molecule has 0 fully saturated rings. The maximum Gasteiger partial charge on any atom is 0.0725 e. The van der Waals surface area contributed by atoms with Crippen LogP contribution in [-0.4, -0.2) is 22.8 Å². The summed E-state index contributed by atoms with van der Waals surface area (Å²) in [6.45, 7) is 6.51. The monoisotopic (exact) mass is 1770 g/mol. The number of aryl methyl sites for hydroxylation is 6. The first-order chi connectivity index (χ1) is 68.0. The number of rotatable bonds is 7. The Labute approximate surface area is 805 Å². The highest BCUT2D eigenvalue weighted by atomic mass is 15.0. The molecule has 21 aromatic carbocycles. The highest BCUT2D eigenvalue weighted by Crippen LogP contribution is 2.63. The average molecular weight is 1770 g/mol. The first-order valence-electron chi connectivity index (χ1n) is 47.8. The Bertz CT molecular complexity index is 8970. The molecule has 658 valence electrons. The van der Waals surface area contributed by atoms with Crippen molar-refractivity contribution in [1.29, 1.82) is 0 Å². The van der Waals surface area contributed by atoms with Crippen molar-refractivity contribution in [2.75, 3.05) is 0 Å². The maximum atomic E-state index is 2.40. The molecule has 138 heavy (non-hydrogen) atoms. The summed E-state index contributed by atoms with van der Waals surface area (Å²) in [4.78, 5) is 0. The van der Waals surface area contributed by atoms with Crippen molar-refractivity contribution in [3.8, 4) is 89.3 Å². The lowest BCUT2D eigenvalue weighted by atomic mass is 9.70. The van der Waals surface area contributed by atoms with E-state index in [0.717, 1.165) is 0 Å². The molecule has 5 heterocycles. The van der Waals surface area contributed by atoms with Gasteiger partial charge >= 0.3 is 0 Å². The second kappa shape index (κ2) is 36.2. The highest BCUT2D eigenvalue weighted by molar-refractivity contribution is 6.16. The maximum absolute atomic E-state index is 2.40. The molecule has 0 radical (unpaired) electrons. The van der Waals surface area contributed by atoms with Gasteiger partial charge in [-0.2, -0.15) is 0 Å². The minimum absolute atomic E-state index is 0.189. The van der Waals surface area contributed by atoms with E-state index in [1.165, 1.54) is 237 Å². The summed E-state index contributed by atoms with van der Waals surface area (Å²) in [7, 11) is 6.41. The quantitative estimate of drug-likeness (QED) is 0.152. The Morgan fingerprint density at radius 2 is 0.442 bits per heavy atom. The topological polar surface area (TPSA) is 24.6 Å². The van der Waals surface area contributed by atoms with Crippen LogP contribution in [0.2, 0.25) is 0 Å². The summed E-state index contributed by atoms with van der Waals surface area (Å²) < 4.78 is 11.5. The Morgan fingerprint density at radius 3 is 0.949 bits per heavy atom. The smallest absolute Gasteiger partial charge is 0.0725 e. The summed E-state index contributed by atoms with van der Waals surface area (Å²) in [6.07, 6.45) is 0. The fraction of sp³-hybridized carbons (Fsp3) is 0.0526. The molecule has 0 bridgehead atoms. The van der Waals surface area contributed by atoms with Gasteiger partial charge in [-0.15, -0.1) is 0 Å². The fourth-order valence-electron chi connectivity index (χ4n) is 21.8. The molecule has 5 nitrogen and oxygen atoms in total. The zero-order valence-electron chi connectivity index (χ0n) is 78.2. The lowest BCUT2D eigenvalue weighted by molar-refractivity contribution is 0.792. The van der Waals surface area contributed by atoms with Crippen LogP contribution in [0.1, 0.15) is 38.9 Å².